The standard InChI is InChI=1S/C5H8O11P2/c6-3(5(8)16-18(12,13)14)1-2-4(7)15-17(9,10)11/h1-2H2,(H2,9,10,11)(H2,12,13,14). The fraction of sp³-hybridized carbons (Fsp3) is 0.400. The molecule has 18 heavy (non-hydrogen) atoms. The molecule has 0 rings (SSSR count). The monoisotopic (exact) mass is 306 g/mol. The summed E-state index contributed by atoms with van der Waals surface area (Å²) in [5, 5.41) is 0. The molecule has 0 radical (unpaired) electrons. The largest absolute Gasteiger partial charge is 0.527 e. The molecule has 0 amide bonds. The highest BCUT2D eigenvalue weighted by Gasteiger charge is 2.27. The number of rotatable bonds is 6. The summed E-state index contributed by atoms with van der Waals surface area (Å²) in [7, 11) is -10.2. The van der Waals surface area contributed by atoms with Crippen molar-refractivity contribution in [3.05, 3.63) is 0 Å². The zero-order valence-corrected chi connectivity index (χ0v) is 10.2. The summed E-state index contributed by atoms with van der Waals surface area (Å²) in [5.41, 5.74) is 0. The van der Waals surface area contributed by atoms with E-state index in [2.05, 4.69) is 9.05 Å². The average molecular weight is 306 g/mol. The van der Waals surface area contributed by atoms with E-state index in [1.807, 2.05) is 0 Å². The predicted octanol–water partition coefficient (Wildman–Crippen LogP) is -1.39. The fourth-order valence-corrected chi connectivity index (χ4v) is 1.33. The van der Waals surface area contributed by atoms with Gasteiger partial charge in [0.15, 0.2) is 0 Å². The molecule has 0 unspecified atom stereocenters. The number of hydrogen-bond donors (Lipinski definition) is 4. The van der Waals surface area contributed by atoms with Crippen molar-refractivity contribution in [3.8, 4) is 0 Å². The third-order valence-electron chi connectivity index (χ3n) is 1.21. The highest BCUT2D eigenvalue weighted by Crippen LogP contribution is 2.37. The molecular formula is C5H8O11P2. The summed E-state index contributed by atoms with van der Waals surface area (Å²) in [4.78, 5) is 65.0. The van der Waals surface area contributed by atoms with Gasteiger partial charge in [-0.15, -0.1) is 0 Å². The van der Waals surface area contributed by atoms with Crippen LogP contribution in [0.25, 0.3) is 0 Å². The summed E-state index contributed by atoms with van der Waals surface area (Å²) in [6.07, 6.45) is -1.74. The lowest BCUT2D eigenvalue weighted by atomic mass is 10.2. The number of carbonyl (C=O) groups is 3. The third-order valence-corrected chi connectivity index (χ3v) is 2.05. The molecule has 4 N–H and O–H groups in total. The van der Waals surface area contributed by atoms with Crippen LogP contribution in [0.2, 0.25) is 0 Å². The van der Waals surface area contributed by atoms with Crippen molar-refractivity contribution >= 4 is 33.4 Å². The van der Waals surface area contributed by atoms with E-state index in [0.29, 0.717) is 0 Å². The maximum atomic E-state index is 10.9. The van der Waals surface area contributed by atoms with Gasteiger partial charge < -0.3 is 9.05 Å². The second-order valence-electron chi connectivity index (χ2n) is 2.75. The first kappa shape index (κ1) is 16.9. The minimum atomic E-state index is -5.17. The van der Waals surface area contributed by atoms with Crippen molar-refractivity contribution in [2.75, 3.05) is 0 Å². The molecule has 0 aliphatic carbocycles. The summed E-state index contributed by atoms with van der Waals surface area (Å²) < 4.78 is 27.3. The first-order valence-electron chi connectivity index (χ1n) is 4.01. The molecule has 0 aromatic carbocycles. The van der Waals surface area contributed by atoms with Crippen LogP contribution in [0.3, 0.4) is 0 Å². The highest BCUT2D eigenvalue weighted by molar-refractivity contribution is 7.47. The minimum absolute atomic E-state index is 0.861. The lowest BCUT2D eigenvalue weighted by Gasteiger charge is -2.05. The van der Waals surface area contributed by atoms with E-state index in [0.717, 1.165) is 0 Å². The Bertz CT molecular complexity index is 440. The minimum Gasteiger partial charge on any atom is -0.371 e. The van der Waals surface area contributed by atoms with E-state index < -0.39 is 46.2 Å². The number of Topliss-reactive ketones (excluding diaryl/α,β-unsaturated/α-hetero) is 1. The Kier molecular flexibility index (Phi) is 5.81. The third kappa shape index (κ3) is 8.99. The van der Waals surface area contributed by atoms with E-state index in [1.165, 1.54) is 0 Å². The number of ketones is 1. The molecule has 0 heterocycles. The summed E-state index contributed by atoms with van der Waals surface area (Å²) in [6, 6.07) is 0. The second kappa shape index (κ2) is 6.19. The number of hydrogen-bond acceptors (Lipinski definition) is 7. The van der Waals surface area contributed by atoms with Gasteiger partial charge in [-0.2, -0.15) is 0 Å². The van der Waals surface area contributed by atoms with Gasteiger partial charge in [-0.05, 0) is 0 Å². The van der Waals surface area contributed by atoms with Crippen LogP contribution in [0.1, 0.15) is 12.8 Å². The molecule has 0 spiro atoms. The maximum absolute atomic E-state index is 10.9. The van der Waals surface area contributed by atoms with Gasteiger partial charge >= 0.3 is 27.6 Å². The van der Waals surface area contributed by atoms with Gasteiger partial charge in [0, 0.05) is 6.42 Å². The van der Waals surface area contributed by atoms with Gasteiger partial charge in [0.25, 0.3) is 0 Å². The fourth-order valence-electron chi connectivity index (χ4n) is 0.655. The Balaban J connectivity index is 4.20. The molecule has 104 valence electrons. The lowest BCUT2D eigenvalue weighted by Crippen LogP contribution is -2.17. The lowest BCUT2D eigenvalue weighted by molar-refractivity contribution is -0.148. The highest BCUT2D eigenvalue weighted by atomic mass is 31.2. The second-order valence-corrected chi connectivity index (χ2v) is 5.07. The van der Waals surface area contributed by atoms with Crippen molar-refractivity contribution in [2.24, 2.45) is 0 Å². The Morgan fingerprint density at radius 2 is 1.28 bits per heavy atom. The number of phosphoric ester groups is 2. The van der Waals surface area contributed by atoms with Crippen LogP contribution in [-0.2, 0) is 32.6 Å². The summed E-state index contributed by atoms with van der Waals surface area (Å²) in [5.74, 6) is -4.78. The summed E-state index contributed by atoms with van der Waals surface area (Å²) >= 11 is 0. The molecule has 0 saturated carbocycles. The van der Waals surface area contributed by atoms with Crippen molar-refractivity contribution < 1.29 is 52.1 Å². The van der Waals surface area contributed by atoms with Crippen molar-refractivity contribution in [3.63, 3.8) is 0 Å². The zero-order valence-electron chi connectivity index (χ0n) is 8.46. The van der Waals surface area contributed by atoms with Gasteiger partial charge in [-0.25, -0.2) is 13.9 Å². The van der Waals surface area contributed by atoms with E-state index in [4.69, 9.17) is 19.6 Å². The van der Waals surface area contributed by atoms with Crippen molar-refractivity contribution in [1.82, 2.24) is 0 Å². The number of carbonyl (C=O) groups excluding carboxylic acids is 3. The first-order valence-corrected chi connectivity index (χ1v) is 7.07. The van der Waals surface area contributed by atoms with E-state index in [-0.39, 0.29) is 0 Å². The topological polar surface area (TPSA) is 185 Å². The Morgan fingerprint density at radius 1 is 0.833 bits per heavy atom. The molecule has 0 aliphatic rings. The molecule has 0 aromatic rings. The zero-order chi connectivity index (χ0) is 14.6. The van der Waals surface area contributed by atoms with Crippen molar-refractivity contribution in [1.29, 1.82) is 0 Å². The molecule has 0 aromatic heterocycles. The van der Waals surface area contributed by atoms with Crippen LogP contribution in [0.15, 0.2) is 0 Å². The predicted molar refractivity (Wildman–Crippen MR) is 50.5 cm³/mol. The molecule has 0 fully saturated rings. The molecular weight excluding hydrogens is 298 g/mol. The van der Waals surface area contributed by atoms with Gasteiger partial charge in [0.1, 0.15) is 0 Å². The van der Waals surface area contributed by atoms with Gasteiger partial charge in [-0.3, -0.25) is 29.2 Å². The van der Waals surface area contributed by atoms with Crippen LogP contribution < -0.4 is 0 Å². The van der Waals surface area contributed by atoms with Gasteiger partial charge in [0.05, 0.1) is 6.42 Å². The number of phosphoric acid groups is 2. The van der Waals surface area contributed by atoms with Crippen LogP contribution in [0.5, 0.6) is 0 Å². The normalized spacial score (nSPS) is 11.8. The van der Waals surface area contributed by atoms with Crippen LogP contribution >= 0.6 is 15.6 Å². The van der Waals surface area contributed by atoms with Crippen molar-refractivity contribution in [2.45, 2.75) is 12.8 Å². The Labute approximate surface area is 99.2 Å². The van der Waals surface area contributed by atoms with E-state index in [1.54, 1.807) is 0 Å². The van der Waals surface area contributed by atoms with Crippen LogP contribution in [0, 0.1) is 0 Å². The maximum Gasteiger partial charge on any atom is 0.527 e. The molecule has 0 bridgehead atoms. The molecule has 0 saturated heterocycles. The first-order chi connectivity index (χ1) is 7.91. The average Bonchev–Trinajstić information content (AvgIpc) is 2.08. The van der Waals surface area contributed by atoms with E-state index >= 15 is 0 Å². The van der Waals surface area contributed by atoms with Gasteiger partial charge in [0.2, 0.25) is 5.78 Å². The molecule has 11 nitrogen and oxygen atoms in total. The van der Waals surface area contributed by atoms with Gasteiger partial charge in [-0.1, -0.05) is 0 Å². The Morgan fingerprint density at radius 3 is 1.67 bits per heavy atom. The SMILES string of the molecule is O=C(CCC(=O)C(=O)OP(=O)(O)O)OP(=O)(O)O. The molecule has 13 heteroatoms. The molecule has 0 aliphatic heterocycles. The molecule has 0 atom stereocenters. The Hall–Kier alpha value is -1.09. The van der Waals surface area contributed by atoms with E-state index in [9.17, 15) is 23.5 Å². The summed E-state index contributed by atoms with van der Waals surface area (Å²) in [6.45, 7) is 0. The quantitative estimate of drug-likeness (QED) is 0.334. The smallest absolute Gasteiger partial charge is 0.371 e. The van der Waals surface area contributed by atoms with Crippen LogP contribution in [-0.4, -0.2) is 37.3 Å². The van der Waals surface area contributed by atoms with Crippen LogP contribution in [0.4, 0.5) is 0 Å².